The summed E-state index contributed by atoms with van der Waals surface area (Å²) in [6.45, 7) is 33.9. The first-order valence-electron chi connectivity index (χ1n) is 29.6. The fourth-order valence-corrected chi connectivity index (χ4v) is 17.7. The fourth-order valence-electron chi connectivity index (χ4n) is 17.7. The molecule has 2 aliphatic heterocycles. The van der Waals surface area contributed by atoms with Gasteiger partial charge in [0.2, 0.25) is 11.3 Å². The molecule has 2 aromatic carbocycles. The van der Waals surface area contributed by atoms with Crippen LogP contribution in [0.2, 0.25) is 0 Å². The van der Waals surface area contributed by atoms with E-state index < -0.39 is 23.0 Å². The first-order chi connectivity index (χ1) is 36.5. The molecule has 10 rings (SSSR count). The summed E-state index contributed by atoms with van der Waals surface area (Å²) in [7, 11) is 0. The highest BCUT2D eigenvalue weighted by molar-refractivity contribution is 6.09. The standard InChI is InChI=1S/C66H89N4O7/c1-14-67(15-2)44-22-24-48-52(38-44)77-53-39-45(68(16-3)17-4)23-25-49(53)57(48)46-20-18-19-21-47(46)59(73)69-34-36-70(37-35-69)60(74)66-32-30-61(7,8)40-51(66)50-26-27-56-63(11)41-54(75-42(5)71)58(76-43(6)72)62(9,10)55(63)28-29-65(56,13)64(50,12)31-33-66/h18-26,38-39,51,54-56,58H,14-17,27-37,40-41H2,1-13H3/q+1/t51-,54+,55-,56+,58-,63-,64+,65+,66-/m0/s1. The van der Waals surface area contributed by atoms with Crippen LogP contribution in [0.15, 0.2) is 76.7 Å². The number of piperazine rings is 1. The summed E-state index contributed by atoms with van der Waals surface area (Å²) < 4.78 is 21.3. The molecule has 0 N–H and O–H groups in total. The molecule has 5 fully saturated rings. The van der Waals surface area contributed by atoms with E-state index in [-0.39, 0.29) is 57.2 Å². The van der Waals surface area contributed by atoms with E-state index in [1.807, 2.05) is 23.1 Å². The molecule has 6 aliphatic carbocycles. The number of fused-ring (bicyclic) bond motifs is 9. The summed E-state index contributed by atoms with van der Waals surface area (Å²) in [4.78, 5) is 62.5. The number of rotatable bonds is 10. The van der Waals surface area contributed by atoms with Crippen molar-refractivity contribution in [1.29, 1.82) is 0 Å². The lowest BCUT2D eigenvalue weighted by Crippen LogP contribution is -2.68. The van der Waals surface area contributed by atoms with Gasteiger partial charge in [0.1, 0.15) is 36.6 Å². The van der Waals surface area contributed by atoms with E-state index in [1.165, 1.54) is 19.4 Å². The smallest absolute Gasteiger partial charge is 0.303 e. The molecule has 9 atom stereocenters. The van der Waals surface area contributed by atoms with Gasteiger partial charge in [-0.3, -0.25) is 19.2 Å². The third kappa shape index (κ3) is 8.85. The van der Waals surface area contributed by atoms with Crippen LogP contribution in [0.1, 0.15) is 158 Å². The quantitative estimate of drug-likeness (QED) is 0.0668. The summed E-state index contributed by atoms with van der Waals surface area (Å²) in [5.74, 6) is 1.09. The van der Waals surface area contributed by atoms with Gasteiger partial charge < -0.3 is 28.6 Å². The van der Waals surface area contributed by atoms with Crippen molar-refractivity contribution in [2.24, 2.45) is 50.2 Å². The molecule has 11 heteroatoms. The van der Waals surface area contributed by atoms with E-state index in [2.05, 4.69) is 139 Å². The Morgan fingerprint density at radius 1 is 0.727 bits per heavy atom. The second-order valence-electron chi connectivity index (χ2n) is 26.4. The first kappa shape index (κ1) is 54.9. The molecule has 1 saturated heterocycles. The Hall–Kier alpha value is -5.45. The minimum Gasteiger partial charge on any atom is -0.459 e. The summed E-state index contributed by atoms with van der Waals surface area (Å²) in [6, 6.07) is 21.0. The van der Waals surface area contributed by atoms with Crippen molar-refractivity contribution < 1.29 is 33.1 Å². The third-order valence-corrected chi connectivity index (χ3v) is 21.8. The Morgan fingerprint density at radius 3 is 2.08 bits per heavy atom. The van der Waals surface area contributed by atoms with E-state index >= 15 is 9.59 Å². The van der Waals surface area contributed by atoms with Crippen molar-refractivity contribution in [3.8, 4) is 22.5 Å². The number of benzene rings is 3. The van der Waals surface area contributed by atoms with Gasteiger partial charge in [-0.15, -0.1) is 0 Å². The summed E-state index contributed by atoms with van der Waals surface area (Å²) in [5, 5.41) is 2.07. The van der Waals surface area contributed by atoms with Crippen LogP contribution in [0.3, 0.4) is 0 Å². The van der Waals surface area contributed by atoms with Crippen LogP contribution in [0.4, 0.5) is 5.69 Å². The number of hydrogen-bond acceptors (Lipinski definition) is 8. The average Bonchev–Trinajstić information content (AvgIpc) is 3.58. The molecule has 0 bridgehead atoms. The molecule has 0 unspecified atom stereocenters. The van der Waals surface area contributed by atoms with Crippen LogP contribution in [-0.4, -0.2) is 98.1 Å². The number of hydrogen-bond donors (Lipinski definition) is 0. The van der Waals surface area contributed by atoms with E-state index in [0.717, 1.165) is 122 Å². The van der Waals surface area contributed by atoms with Crippen LogP contribution in [0, 0.1) is 50.2 Å². The first-order valence-corrected chi connectivity index (χ1v) is 29.6. The highest BCUT2D eigenvalue weighted by Gasteiger charge is 2.71. The second kappa shape index (κ2) is 20.0. The predicted molar refractivity (Wildman–Crippen MR) is 306 cm³/mol. The fraction of sp³-hybridized carbons (Fsp3) is 0.621. The van der Waals surface area contributed by atoms with Gasteiger partial charge in [0.25, 0.3) is 5.91 Å². The number of ether oxygens (including phenoxy) is 2. The zero-order valence-electron chi connectivity index (χ0n) is 48.9. The van der Waals surface area contributed by atoms with Gasteiger partial charge >= 0.3 is 11.9 Å². The number of esters is 2. The van der Waals surface area contributed by atoms with Crippen molar-refractivity contribution in [3.05, 3.63) is 83.2 Å². The molecule has 414 valence electrons. The number of nitrogens with zero attached hydrogens (tertiary/aromatic N) is 4. The van der Waals surface area contributed by atoms with Crippen LogP contribution in [-0.2, 0) is 23.9 Å². The minimum atomic E-state index is -0.520. The molecule has 4 saturated carbocycles. The van der Waals surface area contributed by atoms with Gasteiger partial charge in [-0.1, -0.05) is 78.3 Å². The molecule has 0 radical (unpaired) electrons. The van der Waals surface area contributed by atoms with Crippen molar-refractivity contribution in [3.63, 3.8) is 0 Å². The molecular formula is C66H89N4O7+. The zero-order chi connectivity index (χ0) is 55.2. The molecule has 2 heterocycles. The van der Waals surface area contributed by atoms with Gasteiger partial charge in [0, 0.05) is 98.4 Å². The molecule has 0 aromatic heterocycles. The van der Waals surface area contributed by atoms with Crippen LogP contribution >= 0.6 is 0 Å². The molecule has 8 aliphatic rings. The van der Waals surface area contributed by atoms with E-state index in [0.29, 0.717) is 44.1 Å². The number of carbonyl (C=O) groups excluding carboxylic acids is 4. The maximum Gasteiger partial charge on any atom is 0.303 e. The van der Waals surface area contributed by atoms with E-state index in [4.69, 9.17) is 13.9 Å². The van der Waals surface area contributed by atoms with Gasteiger partial charge in [-0.2, -0.15) is 0 Å². The summed E-state index contributed by atoms with van der Waals surface area (Å²) >= 11 is 0. The predicted octanol–water partition coefficient (Wildman–Crippen LogP) is 12.4. The lowest BCUT2D eigenvalue weighted by molar-refractivity contribution is -0.244. The molecular weight excluding hydrogens is 961 g/mol. The lowest BCUT2D eigenvalue weighted by atomic mass is 9.33. The minimum absolute atomic E-state index is 0.0146. The van der Waals surface area contributed by atoms with E-state index in [9.17, 15) is 9.59 Å². The average molecular weight is 1050 g/mol. The summed E-state index contributed by atoms with van der Waals surface area (Å²) in [5.41, 5.74) is 5.73. The maximum absolute atomic E-state index is 15.8. The Balaban J connectivity index is 0.936. The largest absolute Gasteiger partial charge is 0.459 e. The highest BCUT2D eigenvalue weighted by Crippen LogP contribution is 2.76. The zero-order valence-corrected chi connectivity index (χ0v) is 48.9. The normalized spacial score (nSPS) is 31.2. The van der Waals surface area contributed by atoms with Gasteiger partial charge in [-0.05, 0) is 155 Å². The monoisotopic (exact) mass is 1050 g/mol. The third-order valence-electron chi connectivity index (χ3n) is 21.8. The van der Waals surface area contributed by atoms with Crippen molar-refractivity contribution in [1.82, 2.24) is 14.4 Å². The molecule has 77 heavy (non-hydrogen) atoms. The Kier molecular flexibility index (Phi) is 14.3. The Labute approximate surface area is 459 Å². The molecule has 11 nitrogen and oxygen atoms in total. The summed E-state index contributed by atoms with van der Waals surface area (Å²) in [6.07, 6.45) is 9.84. The Bertz CT molecular complexity index is 3040. The van der Waals surface area contributed by atoms with Gasteiger partial charge in [0.05, 0.1) is 11.5 Å². The van der Waals surface area contributed by atoms with Crippen molar-refractivity contribution in [2.75, 3.05) is 57.3 Å². The molecule has 0 spiro atoms. The van der Waals surface area contributed by atoms with E-state index in [1.54, 1.807) is 0 Å². The van der Waals surface area contributed by atoms with Crippen LogP contribution in [0.25, 0.3) is 33.4 Å². The molecule has 2 aromatic rings. The maximum atomic E-state index is 15.8. The Morgan fingerprint density at radius 2 is 1.40 bits per heavy atom. The number of amides is 2. The second-order valence-corrected chi connectivity index (χ2v) is 26.4. The van der Waals surface area contributed by atoms with Gasteiger partial charge in [-0.25, -0.2) is 4.58 Å². The number of anilines is 1. The van der Waals surface area contributed by atoms with Crippen molar-refractivity contribution >= 4 is 40.4 Å². The topological polar surface area (TPSA) is 113 Å². The highest BCUT2D eigenvalue weighted by atomic mass is 16.6. The molecule has 2 amide bonds. The van der Waals surface area contributed by atoms with Crippen molar-refractivity contribution in [2.45, 2.75) is 160 Å². The number of carbonyl (C=O) groups is 4. The SMILES string of the molecule is CCN(CC)c1ccc2c(-c3ccccc3C(=O)N3CCN(C(=O)[C@]45CCC(C)(C)C[C@H]4C4=CC[C@@H]6[C@@]7(C)C[C@@H](OC(C)=O)[C@H](OC(C)=O)C(C)(C)[C@@H]7CC[C@@]6(C)[C@]4(C)CC5)CC3)c3ccc(=[N+](CC)CC)cc-3oc2c1. The van der Waals surface area contributed by atoms with Gasteiger partial charge in [0.15, 0.2) is 0 Å². The van der Waals surface area contributed by atoms with Crippen LogP contribution in [0.5, 0.6) is 0 Å². The van der Waals surface area contributed by atoms with Crippen LogP contribution < -0.4 is 14.8 Å². The number of allylic oxidation sites excluding steroid dienone is 2. The lowest BCUT2D eigenvalue weighted by Gasteiger charge is -2.71.